The molecule has 0 fully saturated rings. The van der Waals surface area contributed by atoms with E-state index >= 15 is 0 Å². The van der Waals surface area contributed by atoms with E-state index in [2.05, 4.69) is 5.32 Å². The van der Waals surface area contributed by atoms with Gasteiger partial charge in [0, 0.05) is 35.6 Å². The first-order chi connectivity index (χ1) is 20.1. The molecular weight excluding hydrogens is 600 g/mol. The van der Waals surface area contributed by atoms with Gasteiger partial charge in [0.15, 0.2) is 0 Å². The molecule has 0 unspecified atom stereocenters. The first-order valence-corrected chi connectivity index (χ1v) is 15.1. The Hall–Kier alpha value is -3.92. The maximum absolute atomic E-state index is 14.8. The molecule has 0 bridgehead atoms. The van der Waals surface area contributed by atoms with Crippen LogP contribution in [0.1, 0.15) is 11.1 Å². The molecule has 7 nitrogen and oxygen atoms in total. The van der Waals surface area contributed by atoms with Crippen molar-refractivity contribution in [1.82, 2.24) is 10.2 Å². The summed E-state index contributed by atoms with van der Waals surface area (Å²) in [5, 5.41) is 2.91. The number of hydrogen-bond acceptors (Lipinski definition) is 4. The Morgan fingerprint density at radius 1 is 0.857 bits per heavy atom. The minimum Gasteiger partial charge on any atom is -0.357 e. The third-order valence-corrected chi connectivity index (χ3v) is 8.79. The maximum atomic E-state index is 14.8. The number of amides is 2. The highest BCUT2D eigenvalue weighted by atomic mass is 35.5. The van der Waals surface area contributed by atoms with Crippen LogP contribution in [0.2, 0.25) is 10.0 Å². The average Bonchev–Trinajstić information content (AvgIpc) is 2.98. The van der Waals surface area contributed by atoms with Gasteiger partial charge < -0.3 is 10.2 Å². The standard InChI is InChI=1S/C31H28Cl2FN3O4S/c1-35-31(39)29(16-22-10-4-2-5-11-22)36(20-23-12-8-9-15-28(23)34)30(38)21-37(26-18-24(32)17-25(33)19-26)42(40,41)27-13-6-3-7-14-27/h2-15,17-19,29H,16,20-21H2,1H3,(H,35,39)/t29-/m1/s1. The van der Waals surface area contributed by atoms with E-state index in [0.717, 1.165) is 9.87 Å². The maximum Gasteiger partial charge on any atom is 0.264 e. The molecule has 4 aromatic carbocycles. The van der Waals surface area contributed by atoms with Gasteiger partial charge in [0.05, 0.1) is 10.6 Å². The molecule has 0 saturated heterocycles. The highest BCUT2D eigenvalue weighted by Crippen LogP contribution is 2.30. The van der Waals surface area contributed by atoms with Crippen molar-refractivity contribution in [2.75, 3.05) is 17.9 Å². The first-order valence-electron chi connectivity index (χ1n) is 12.9. The van der Waals surface area contributed by atoms with Gasteiger partial charge in [-0.3, -0.25) is 13.9 Å². The Bertz CT molecular complexity index is 1640. The van der Waals surface area contributed by atoms with Crippen LogP contribution in [0.25, 0.3) is 0 Å². The molecule has 1 atom stereocenters. The lowest BCUT2D eigenvalue weighted by atomic mass is 10.0. The van der Waals surface area contributed by atoms with Gasteiger partial charge in [-0.25, -0.2) is 12.8 Å². The number of anilines is 1. The molecule has 0 spiro atoms. The van der Waals surface area contributed by atoms with Gasteiger partial charge in [-0.05, 0) is 42.0 Å². The molecule has 11 heteroatoms. The average molecular weight is 629 g/mol. The summed E-state index contributed by atoms with van der Waals surface area (Å²) in [6.45, 7) is -1.00. The Labute approximate surface area is 254 Å². The molecule has 4 aromatic rings. The van der Waals surface area contributed by atoms with Crippen molar-refractivity contribution >= 4 is 50.7 Å². The second-order valence-corrected chi connectivity index (χ2v) is 12.1. The van der Waals surface area contributed by atoms with Gasteiger partial charge in [0.1, 0.15) is 18.4 Å². The number of sulfonamides is 1. The lowest BCUT2D eigenvalue weighted by Gasteiger charge is -2.33. The van der Waals surface area contributed by atoms with Crippen LogP contribution in [0, 0.1) is 5.82 Å². The first kappa shape index (κ1) is 31.0. The van der Waals surface area contributed by atoms with E-state index < -0.39 is 40.2 Å². The normalized spacial score (nSPS) is 11.9. The monoisotopic (exact) mass is 627 g/mol. The van der Waals surface area contributed by atoms with Crippen molar-refractivity contribution in [2.45, 2.75) is 23.9 Å². The number of carbonyl (C=O) groups excluding carboxylic acids is 2. The van der Waals surface area contributed by atoms with Crippen molar-refractivity contribution in [2.24, 2.45) is 0 Å². The molecule has 0 radical (unpaired) electrons. The predicted octanol–water partition coefficient (Wildman–Crippen LogP) is 5.71. The number of rotatable bonds is 11. The molecule has 0 heterocycles. The van der Waals surface area contributed by atoms with Crippen LogP contribution in [0.15, 0.2) is 108 Å². The quantitative estimate of drug-likeness (QED) is 0.231. The fourth-order valence-corrected chi connectivity index (χ4v) is 6.40. The van der Waals surface area contributed by atoms with Gasteiger partial charge in [0.25, 0.3) is 10.0 Å². The molecule has 0 aromatic heterocycles. The van der Waals surface area contributed by atoms with Crippen LogP contribution in [-0.2, 0) is 32.6 Å². The van der Waals surface area contributed by atoms with Crippen LogP contribution in [0.5, 0.6) is 0 Å². The number of nitrogens with one attached hydrogen (secondary N) is 1. The van der Waals surface area contributed by atoms with Gasteiger partial charge in [-0.15, -0.1) is 0 Å². The van der Waals surface area contributed by atoms with Gasteiger partial charge in [0.2, 0.25) is 11.8 Å². The van der Waals surface area contributed by atoms with Crippen LogP contribution in [-0.4, -0.2) is 44.8 Å². The van der Waals surface area contributed by atoms with E-state index in [1.54, 1.807) is 36.4 Å². The Kier molecular flexibility index (Phi) is 10.2. The molecule has 42 heavy (non-hydrogen) atoms. The molecule has 0 aliphatic heterocycles. The molecule has 0 aliphatic carbocycles. The number of halogens is 3. The highest BCUT2D eigenvalue weighted by molar-refractivity contribution is 7.92. The summed E-state index contributed by atoms with van der Waals surface area (Å²) < 4.78 is 43.5. The lowest BCUT2D eigenvalue weighted by molar-refractivity contribution is -0.139. The summed E-state index contributed by atoms with van der Waals surface area (Å²) in [7, 11) is -2.88. The Balaban J connectivity index is 1.81. The van der Waals surface area contributed by atoms with Crippen molar-refractivity contribution in [1.29, 1.82) is 0 Å². The third-order valence-electron chi connectivity index (χ3n) is 6.56. The van der Waals surface area contributed by atoms with E-state index in [-0.39, 0.29) is 39.2 Å². The number of nitrogens with zero attached hydrogens (tertiary/aromatic N) is 2. The second-order valence-electron chi connectivity index (χ2n) is 9.39. The topological polar surface area (TPSA) is 86.8 Å². The summed E-state index contributed by atoms with van der Waals surface area (Å²) in [4.78, 5) is 28.6. The van der Waals surface area contributed by atoms with Gasteiger partial charge in [-0.2, -0.15) is 0 Å². The molecule has 0 saturated carbocycles. The summed E-state index contributed by atoms with van der Waals surface area (Å²) >= 11 is 12.4. The SMILES string of the molecule is CNC(=O)[C@@H](Cc1ccccc1)N(Cc1ccccc1F)C(=O)CN(c1cc(Cl)cc(Cl)c1)S(=O)(=O)c1ccccc1. The molecule has 4 rings (SSSR count). The number of hydrogen-bond donors (Lipinski definition) is 1. The third kappa shape index (κ3) is 7.47. The van der Waals surface area contributed by atoms with Crippen LogP contribution >= 0.6 is 23.2 Å². The largest absolute Gasteiger partial charge is 0.357 e. The van der Waals surface area contributed by atoms with Crippen molar-refractivity contribution < 1.29 is 22.4 Å². The Morgan fingerprint density at radius 3 is 2.02 bits per heavy atom. The fourth-order valence-electron chi connectivity index (χ4n) is 4.46. The fraction of sp³-hybridized carbons (Fsp3) is 0.161. The van der Waals surface area contributed by atoms with Crippen molar-refractivity contribution in [3.8, 4) is 0 Å². The molecule has 0 aliphatic rings. The minimum absolute atomic E-state index is 0.0510. The number of benzene rings is 4. The summed E-state index contributed by atoms with van der Waals surface area (Å²) in [5.41, 5.74) is 0.971. The van der Waals surface area contributed by atoms with Crippen LogP contribution in [0.4, 0.5) is 10.1 Å². The molecular formula is C31H28Cl2FN3O4S. The molecule has 218 valence electrons. The summed E-state index contributed by atoms with van der Waals surface area (Å²) in [6, 6.07) is 25.6. The van der Waals surface area contributed by atoms with E-state index in [4.69, 9.17) is 23.2 Å². The lowest BCUT2D eigenvalue weighted by Crippen LogP contribution is -2.53. The molecule has 2 amide bonds. The van der Waals surface area contributed by atoms with Crippen LogP contribution in [0.3, 0.4) is 0 Å². The highest BCUT2D eigenvalue weighted by Gasteiger charge is 2.34. The zero-order chi connectivity index (χ0) is 30.3. The van der Waals surface area contributed by atoms with Gasteiger partial charge in [-0.1, -0.05) is 89.9 Å². The number of carbonyl (C=O) groups is 2. The summed E-state index contributed by atoms with van der Waals surface area (Å²) in [6.07, 6.45) is 0.106. The Morgan fingerprint density at radius 2 is 1.43 bits per heavy atom. The van der Waals surface area contributed by atoms with E-state index in [1.165, 1.54) is 60.5 Å². The van der Waals surface area contributed by atoms with Gasteiger partial charge >= 0.3 is 0 Å². The second kappa shape index (κ2) is 13.8. The molecule has 1 N–H and O–H groups in total. The zero-order valence-corrected chi connectivity index (χ0v) is 24.9. The van der Waals surface area contributed by atoms with E-state index in [9.17, 15) is 22.4 Å². The summed E-state index contributed by atoms with van der Waals surface area (Å²) in [5.74, 6) is -1.80. The van der Waals surface area contributed by atoms with Crippen molar-refractivity contribution in [3.05, 3.63) is 130 Å². The number of likely N-dealkylation sites (N-methyl/N-ethyl adjacent to an activating group) is 1. The van der Waals surface area contributed by atoms with Crippen molar-refractivity contribution in [3.63, 3.8) is 0 Å². The van der Waals surface area contributed by atoms with Crippen LogP contribution < -0.4 is 9.62 Å². The minimum atomic E-state index is -4.31. The van der Waals surface area contributed by atoms with E-state index in [1.807, 2.05) is 18.2 Å². The van der Waals surface area contributed by atoms with E-state index in [0.29, 0.717) is 0 Å². The smallest absolute Gasteiger partial charge is 0.264 e. The zero-order valence-electron chi connectivity index (χ0n) is 22.6. The predicted molar refractivity (Wildman–Crippen MR) is 162 cm³/mol.